The molecule has 9 heteroatoms. The van der Waals surface area contributed by atoms with E-state index in [0.29, 0.717) is 10.4 Å². The Hall–Kier alpha value is -2.39. The summed E-state index contributed by atoms with van der Waals surface area (Å²) in [7, 11) is 0. The number of carbonyl (C=O) groups excluding carboxylic acids is 2. The number of amides is 1. The number of thiazole rings is 1. The zero-order chi connectivity index (χ0) is 18.7. The molecular weight excluding hydrogens is 380 g/mol. The molecule has 3 aromatic rings. The van der Waals surface area contributed by atoms with Crippen molar-refractivity contribution >= 4 is 49.5 Å². The molecule has 1 aromatic carbocycles. The standard InChI is InChI=1S/C17H13F2N3O2S2/c1-10(23)25-9-15(24)22(8-12-4-2-3-5-20-12)17-21-16-13(19)6-11(18)7-14(16)26-17/h2-7H,8-9H2,1H3. The van der Waals surface area contributed by atoms with Crippen molar-refractivity contribution in [1.82, 2.24) is 9.97 Å². The second-order valence-corrected chi connectivity index (χ2v) is 7.47. The molecule has 0 saturated carbocycles. The van der Waals surface area contributed by atoms with Gasteiger partial charge in [0, 0.05) is 19.2 Å². The highest BCUT2D eigenvalue weighted by atomic mass is 32.2. The van der Waals surface area contributed by atoms with Crippen molar-refractivity contribution in [2.75, 3.05) is 10.7 Å². The molecule has 0 aliphatic heterocycles. The third-order valence-corrected chi connectivity index (χ3v) is 5.20. The van der Waals surface area contributed by atoms with Crippen molar-refractivity contribution in [3.8, 4) is 0 Å². The second-order valence-electron chi connectivity index (χ2n) is 5.31. The number of rotatable bonds is 5. The average molecular weight is 393 g/mol. The Morgan fingerprint density at radius 1 is 1.27 bits per heavy atom. The number of hydrogen-bond donors (Lipinski definition) is 0. The molecule has 2 aromatic heterocycles. The van der Waals surface area contributed by atoms with Crippen LogP contribution in [0.2, 0.25) is 0 Å². The lowest BCUT2D eigenvalue weighted by molar-refractivity contribution is -0.116. The first-order valence-electron chi connectivity index (χ1n) is 7.53. The molecule has 0 aliphatic carbocycles. The number of aromatic nitrogens is 2. The van der Waals surface area contributed by atoms with Crippen LogP contribution in [0.25, 0.3) is 10.2 Å². The van der Waals surface area contributed by atoms with Gasteiger partial charge in [0.2, 0.25) is 5.91 Å². The van der Waals surface area contributed by atoms with E-state index in [1.165, 1.54) is 17.9 Å². The second kappa shape index (κ2) is 7.88. The van der Waals surface area contributed by atoms with Crippen LogP contribution in [0.15, 0.2) is 36.5 Å². The van der Waals surface area contributed by atoms with Crippen LogP contribution >= 0.6 is 23.1 Å². The van der Waals surface area contributed by atoms with Gasteiger partial charge in [-0.3, -0.25) is 19.5 Å². The third-order valence-electron chi connectivity index (χ3n) is 3.38. The van der Waals surface area contributed by atoms with Crippen LogP contribution < -0.4 is 4.90 Å². The molecule has 0 saturated heterocycles. The molecule has 0 aliphatic rings. The maximum absolute atomic E-state index is 13.9. The Labute approximate surface area is 156 Å². The van der Waals surface area contributed by atoms with Crippen molar-refractivity contribution in [1.29, 1.82) is 0 Å². The number of thioether (sulfide) groups is 1. The fourth-order valence-electron chi connectivity index (χ4n) is 2.22. The van der Waals surface area contributed by atoms with E-state index in [9.17, 15) is 18.4 Å². The van der Waals surface area contributed by atoms with E-state index in [1.54, 1.807) is 24.4 Å². The minimum absolute atomic E-state index is 0.00411. The lowest BCUT2D eigenvalue weighted by atomic mass is 10.3. The summed E-state index contributed by atoms with van der Waals surface area (Å²) in [6, 6.07) is 7.20. The molecule has 0 radical (unpaired) electrons. The molecule has 1 amide bonds. The zero-order valence-corrected chi connectivity index (χ0v) is 15.2. The normalized spacial score (nSPS) is 10.9. The summed E-state index contributed by atoms with van der Waals surface area (Å²) >= 11 is 1.89. The predicted octanol–water partition coefficient (Wildman–Crippen LogP) is 3.78. The smallest absolute Gasteiger partial charge is 0.239 e. The third kappa shape index (κ3) is 4.23. The van der Waals surface area contributed by atoms with Crippen molar-refractivity contribution in [3.63, 3.8) is 0 Å². The van der Waals surface area contributed by atoms with E-state index >= 15 is 0 Å². The highest BCUT2D eigenvalue weighted by Gasteiger charge is 2.22. The molecule has 0 spiro atoms. The summed E-state index contributed by atoms with van der Waals surface area (Å²) in [6.07, 6.45) is 1.59. The topological polar surface area (TPSA) is 63.2 Å². The van der Waals surface area contributed by atoms with E-state index in [-0.39, 0.29) is 34.0 Å². The van der Waals surface area contributed by atoms with Gasteiger partial charge in [0.25, 0.3) is 0 Å². The number of benzene rings is 1. The lowest BCUT2D eigenvalue weighted by Gasteiger charge is -2.19. The van der Waals surface area contributed by atoms with Gasteiger partial charge in [-0.1, -0.05) is 29.2 Å². The van der Waals surface area contributed by atoms with Crippen LogP contribution in [0.3, 0.4) is 0 Å². The summed E-state index contributed by atoms with van der Waals surface area (Å²) in [6.45, 7) is 1.49. The maximum atomic E-state index is 13.9. The summed E-state index contributed by atoms with van der Waals surface area (Å²) in [5.41, 5.74) is 0.615. The number of pyridine rings is 1. The zero-order valence-electron chi connectivity index (χ0n) is 13.6. The Balaban J connectivity index is 1.97. The minimum atomic E-state index is -0.786. The van der Waals surface area contributed by atoms with Gasteiger partial charge in [-0.15, -0.1) is 0 Å². The van der Waals surface area contributed by atoms with E-state index < -0.39 is 11.6 Å². The Morgan fingerprint density at radius 2 is 2.08 bits per heavy atom. The lowest BCUT2D eigenvalue weighted by Crippen LogP contribution is -2.32. The van der Waals surface area contributed by atoms with Crippen molar-refractivity contribution in [2.45, 2.75) is 13.5 Å². The maximum Gasteiger partial charge on any atom is 0.239 e. The highest BCUT2D eigenvalue weighted by Crippen LogP contribution is 2.32. The highest BCUT2D eigenvalue weighted by molar-refractivity contribution is 8.14. The predicted molar refractivity (Wildman–Crippen MR) is 98.1 cm³/mol. The van der Waals surface area contributed by atoms with Crippen LogP contribution in [0.5, 0.6) is 0 Å². The van der Waals surface area contributed by atoms with Crippen molar-refractivity contribution in [2.24, 2.45) is 0 Å². The number of anilines is 1. The number of carbonyl (C=O) groups is 2. The Bertz CT molecular complexity index is 963. The van der Waals surface area contributed by atoms with Gasteiger partial charge < -0.3 is 0 Å². The molecule has 0 bridgehead atoms. The summed E-state index contributed by atoms with van der Waals surface area (Å²) in [5, 5.41) is 0.0397. The van der Waals surface area contributed by atoms with Gasteiger partial charge in [-0.25, -0.2) is 13.8 Å². The van der Waals surface area contributed by atoms with Gasteiger partial charge in [0.1, 0.15) is 11.3 Å². The van der Waals surface area contributed by atoms with E-state index in [2.05, 4.69) is 9.97 Å². The van der Waals surface area contributed by atoms with Crippen LogP contribution in [-0.4, -0.2) is 26.7 Å². The summed E-state index contributed by atoms with van der Waals surface area (Å²) in [4.78, 5) is 33.4. The molecule has 2 heterocycles. The van der Waals surface area contributed by atoms with Crippen LogP contribution in [0.4, 0.5) is 13.9 Å². The molecule has 0 atom stereocenters. The number of fused-ring (bicyclic) bond motifs is 1. The molecule has 0 N–H and O–H groups in total. The van der Waals surface area contributed by atoms with E-state index in [4.69, 9.17) is 0 Å². The van der Waals surface area contributed by atoms with Crippen LogP contribution in [0, 0.1) is 11.6 Å². The van der Waals surface area contributed by atoms with E-state index in [1.807, 2.05) is 0 Å². The molecule has 0 unspecified atom stereocenters. The monoisotopic (exact) mass is 393 g/mol. The summed E-state index contributed by atoms with van der Waals surface area (Å²) in [5.74, 6) is -1.93. The van der Waals surface area contributed by atoms with Gasteiger partial charge in [-0.2, -0.15) is 0 Å². The van der Waals surface area contributed by atoms with Gasteiger partial charge in [0.15, 0.2) is 16.1 Å². The molecule has 134 valence electrons. The van der Waals surface area contributed by atoms with Gasteiger partial charge >= 0.3 is 0 Å². The number of halogens is 2. The molecule has 0 fully saturated rings. The Kier molecular flexibility index (Phi) is 5.58. The quantitative estimate of drug-likeness (QED) is 0.660. The van der Waals surface area contributed by atoms with Gasteiger partial charge in [-0.05, 0) is 18.2 Å². The molecular formula is C17H13F2N3O2S2. The number of hydrogen-bond acceptors (Lipinski definition) is 6. The summed E-state index contributed by atoms with van der Waals surface area (Å²) < 4.78 is 27.7. The average Bonchev–Trinajstić information content (AvgIpc) is 3.02. The van der Waals surface area contributed by atoms with Crippen molar-refractivity contribution in [3.05, 3.63) is 53.9 Å². The fourth-order valence-corrected chi connectivity index (χ4v) is 3.72. The first kappa shape index (κ1) is 18.4. The SMILES string of the molecule is CC(=O)SCC(=O)N(Cc1ccccn1)c1nc2c(F)cc(F)cc2s1. The molecule has 26 heavy (non-hydrogen) atoms. The largest absolute Gasteiger partial charge is 0.288 e. The Morgan fingerprint density at radius 3 is 2.77 bits per heavy atom. The molecule has 5 nitrogen and oxygen atoms in total. The fraction of sp³-hybridized carbons (Fsp3) is 0.176. The first-order valence-corrected chi connectivity index (χ1v) is 9.33. The van der Waals surface area contributed by atoms with Crippen LogP contribution in [-0.2, 0) is 16.1 Å². The molecule has 3 rings (SSSR count). The number of nitrogens with zero attached hydrogens (tertiary/aromatic N) is 3. The van der Waals surface area contributed by atoms with Crippen molar-refractivity contribution < 1.29 is 18.4 Å². The van der Waals surface area contributed by atoms with E-state index in [0.717, 1.165) is 29.2 Å². The minimum Gasteiger partial charge on any atom is -0.288 e. The first-order chi connectivity index (χ1) is 12.4. The van der Waals surface area contributed by atoms with Crippen LogP contribution in [0.1, 0.15) is 12.6 Å². The van der Waals surface area contributed by atoms with Gasteiger partial charge in [0.05, 0.1) is 22.7 Å².